The Kier molecular flexibility index (Phi) is 4.74. The third-order valence-corrected chi connectivity index (χ3v) is 3.83. The Morgan fingerprint density at radius 1 is 1.05 bits per heavy atom. The van der Waals surface area contributed by atoms with Crippen LogP contribution in [-0.4, -0.2) is 12.0 Å². The minimum absolute atomic E-state index is 0.238. The zero-order chi connectivity index (χ0) is 15.2. The molecule has 1 fully saturated rings. The number of aliphatic imine (C=N–C) groups is 1. The molecule has 2 aromatic rings. The molecule has 0 spiro atoms. The Bertz CT molecular complexity index is 603. The van der Waals surface area contributed by atoms with E-state index in [-0.39, 0.29) is 6.04 Å². The molecule has 2 N–H and O–H groups in total. The van der Waals surface area contributed by atoms with Crippen LogP contribution < -0.4 is 10.6 Å². The standard InChI is InChI=1S/C19H23N3/c1-15(17-10-6-3-7-11-17)21-19(22-18-12-13-18)20-14-16-8-4-2-5-9-16/h2-11,15,18H,12-14H2,1H3,(H2,20,21,22). The van der Waals surface area contributed by atoms with Gasteiger partial charge in [0, 0.05) is 6.04 Å². The van der Waals surface area contributed by atoms with E-state index in [4.69, 9.17) is 4.99 Å². The van der Waals surface area contributed by atoms with Gasteiger partial charge in [-0.25, -0.2) is 4.99 Å². The second-order valence-electron chi connectivity index (χ2n) is 5.85. The predicted octanol–water partition coefficient (Wildman–Crippen LogP) is 3.65. The summed E-state index contributed by atoms with van der Waals surface area (Å²) in [6.07, 6.45) is 2.48. The summed E-state index contributed by atoms with van der Waals surface area (Å²) < 4.78 is 0. The average Bonchev–Trinajstić information content (AvgIpc) is 3.38. The number of hydrogen-bond donors (Lipinski definition) is 2. The Balaban J connectivity index is 1.66. The first-order valence-electron chi connectivity index (χ1n) is 7.97. The number of rotatable bonds is 5. The van der Waals surface area contributed by atoms with Crippen molar-refractivity contribution in [3.05, 3.63) is 71.8 Å². The Morgan fingerprint density at radius 3 is 2.32 bits per heavy atom. The van der Waals surface area contributed by atoms with Crippen LogP contribution in [0.3, 0.4) is 0 Å². The van der Waals surface area contributed by atoms with E-state index in [2.05, 4.69) is 66.1 Å². The molecule has 0 amide bonds. The minimum atomic E-state index is 0.238. The van der Waals surface area contributed by atoms with Gasteiger partial charge in [0.2, 0.25) is 0 Å². The monoisotopic (exact) mass is 293 g/mol. The summed E-state index contributed by atoms with van der Waals surface area (Å²) in [6.45, 7) is 2.87. The van der Waals surface area contributed by atoms with E-state index < -0.39 is 0 Å². The van der Waals surface area contributed by atoms with E-state index in [0.29, 0.717) is 12.6 Å². The van der Waals surface area contributed by atoms with Gasteiger partial charge in [-0.2, -0.15) is 0 Å². The maximum absolute atomic E-state index is 4.73. The molecule has 0 bridgehead atoms. The van der Waals surface area contributed by atoms with E-state index in [1.54, 1.807) is 0 Å². The van der Waals surface area contributed by atoms with Crippen molar-refractivity contribution in [3.63, 3.8) is 0 Å². The largest absolute Gasteiger partial charge is 0.354 e. The van der Waals surface area contributed by atoms with Gasteiger partial charge < -0.3 is 10.6 Å². The zero-order valence-electron chi connectivity index (χ0n) is 13.0. The van der Waals surface area contributed by atoms with E-state index in [1.807, 2.05) is 12.1 Å². The Labute approximate surface area is 132 Å². The SMILES string of the molecule is CC(NC(=NCc1ccccc1)NC1CC1)c1ccccc1. The molecule has 1 aliphatic carbocycles. The molecule has 114 valence electrons. The lowest BCUT2D eigenvalue weighted by molar-refractivity contribution is 0.680. The molecule has 0 aliphatic heterocycles. The van der Waals surface area contributed by atoms with Gasteiger partial charge in [-0.1, -0.05) is 60.7 Å². The molecular weight excluding hydrogens is 270 g/mol. The highest BCUT2D eigenvalue weighted by atomic mass is 15.2. The fraction of sp³-hybridized carbons (Fsp3) is 0.316. The highest BCUT2D eigenvalue weighted by molar-refractivity contribution is 5.80. The predicted molar refractivity (Wildman–Crippen MR) is 91.7 cm³/mol. The molecule has 0 aromatic heterocycles. The van der Waals surface area contributed by atoms with Crippen LogP contribution in [0.25, 0.3) is 0 Å². The van der Waals surface area contributed by atoms with Gasteiger partial charge in [0.1, 0.15) is 0 Å². The maximum Gasteiger partial charge on any atom is 0.192 e. The Hall–Kier alpha value is -2.29. The van der Waals surface area contributed by atoms with E-state index in [1.165, 1.54) is 24.0 Å². The van der Waals surface area contributed by atoms with Gasteiger partial charge in [-0.15, -0.1) is 0 Å². The van der Waals surface area contributed by atoms with E-state index in [0.717, 1.165) is 5.96 Å². The summed E-state index contributed by atoms with van der Waals surface area (Å²) in [6, 6.07) is 21.7. The summed E-state index contributed by atoms with van der Waals surface area (Å²) in [4.78, 5) is 4.73. The molecule has 0 heterocycles. The first-order chi connectivity index (χ1) is 10.8. The van der Waals surface area contributed by atoms with Crippen molar-refractivity contribution in [3.8, 4) is 0 Å². The lowest BCUT2D eigenvalue weighted by Gasteiger charge is -2.18. The summed E-state index contributed by atoms with van der Waals surface area (Å²) in [5, 5.41) is 7.01. The summed E-state index contributed by atoms with van der Waals surface area (Å²) in [5.74, 6) is 0.905. The van der Waals surface area contributed by atoms with Crippen LogP contribution >= 0.6 is 0 Å². The Morgan fingerprint density at radius 2 is 1.68 bits per heavy atom. The van der Waals surface area contributed by atoms with Crippen LogP contribution in [0, 0.1) is 0 Å². The maximum atomic E-state index is 4.73. The van der Waals surface area contributed by atoms with Gasteiger partial charge in [0.25, 0.3) is 0 Å². The van der Waals surface area contributed by atoms with Crippen molar-refractivity contribution in [2.24, 2.45) is 4.99 Å². The van der Waals surface area contributed by atoms with Gasteiger partial charge >= 0.3 is 0 Å². The highest BCUT2D eigenvalue weighted by Crippen LogP contribution is 2.19. The van der Waals surface area contributed by atoms with Crippen LogP contribution in [0.2, 0.25) is 0 Å². The molecule has 22 heavy (non-hydrogen) atoms. The number of nitrogens with one attached hydrogen (secondary N) is 2. The fourth-order valence-corrected chi connectivity index (χ4v) is 2.34. The van der Waals surface area contributed by atoms with E-state index in [9.17, 15) is 0 Å². The molecule has 3 nitrogen and oxygen atoms in total. The van der Waals surface area contributed by atoms with Crippen molar-refractivity contribution in [1.82, 2.24) is 10.6 Å². The second kappa shape index (κ2) is 7.12. The quantitative estimate of drug-likeness (QED) is 0.652. The molecule has 1 atom stereocenters. The van der Waals surface area contributed by atoms with Gasteiger partial charge in [0.05, 0.1) is 12.6 Å². The smallest absolute Gasteiger partial charge is 0.192 e. The minimum Gasteiger partial charge on any atom is -0.354 e. The molecule has 1 unspecified atom stereocenters. The van der Waals surface area contributed by atoms with Crippen molar-refractivity contribution in [2.45, 2.75) is 38.4 Å². The lowest BCUT2D eigenvalue weighted by Crippen LogP contribution is -2.40. The average molecular weight is 293 g/mol. The molecule has 1 aliphatic rings. The third kappa shape index (κ3) is 4.35. The molecule has 0 radical (unpaired) electrons. The van der Waals surface area contributed by atoms with Crippen LogP contribution in [0.5, 0.6) is 0 Å². The van der Waals surface area contributed by atoms with Crippen molar-refractivity contribution in [2.75, 3.05) is 0 Å². The number of hydrogen-bond acceptors (Lipinski definition) is 1. The molecular formula is C19H23N3. The summed E-state index contributed by atoms with van der Waals surface area (Å²) >= 11 is 0. The van der Waals surface area contributed by atoms with Crippen LogP contribution in [0.1, 0.15) is 36.9 Å². The van der Waals surface area contributed by atoms with Crippen molar-refractivity contribution < 1.29 is 0 Å². The lowest BCUT2D eigenvalue weighted by atomic mass is 10.1. The normalized spacial score (nSPS) is 16.1. The van der Waals surface area contributed by atoms with E-state index >= 15 is 0 Å². The van der Waals surface area contributed by atoms with Crippen LogP contribution in [0.15, 0.2) is 65.7 Å². The second-order valence-corrected chi connectivity index (χ2v) is 5.85. The summed E-state index contributed by atoms with van der Waals surface area (Å²) in [5.41, 5.74) is 2.50. The number of guanidine groups is 1. The number of nitrogens with zero attached hydrogens (tertiary/aromatic N) is 1. The van der Waals surface area contributed by atoms with Crippen molar-refractivity contribution >= 4 is 5.96 Å². The molecule has 3 rings (SSSR count). The third-order valence-electron chi connectivity index (χ3n) is 3.83. The van der Waals surface area contributed by atoms with Gasteiger partial charge in [-0.3, -0.25) is 0 Å². The molecule has 3 heteroatoms. The first-order valence-corrected chi connectivity index (χ1v) is 7.97. The summed E-state index contributed by atoms with van der Waals surface area (Å²) in [7, 11) is 0. The van der Waals surface area contributed by atoms with Gasteiger partial charge in [-0.05, 0) is 30.9 Å². The number of benzene rings is 2. The fourth-order valence-electron chi connectivity index (χ4n) is 2.34. The molecule has 0 saturated heterocycles. The molecule has 2 aromatic carbocycles. The van der Waals surface area contributed by atoms with Crippen molar-refractivity contribution in [1.29, 1.82) is 0 Å². The van der Waals surface area contributed by atoms with Crippen LogP contribution in [-0.2, 0) is 6.54 Å². The zero-order valence-corrected chi connectivity index (χ0v) is 13.0. The first kappa shape index (κ1) is 14.6. The topological polar surface area (TPSA) is 36.4 Å². The highest BCUT2D eigenvalue weighted by Gasteiger charge is 2.23. The molecule has 1 saturated carbocycles. The van der Waals surface area contributed by atoms with Crippen LogP contribution in [0.4, 0.5) is 0 Å². The van der Waals surface area contributed by atoms with Gasteiger partial charge in [0.15, 0.2) is 5.96 Å².